The van der Waals surface area contributed by atoms with Gasteiger partial charge in [0.2, 0.25) is 0 Å². The number of nitrogens with two attached hydrogens (primary N) is 1. The number of allylic oxidation sites excluding steroid dienone is 1. The summed E-state index contributed by atoms with van der Waals surface area (Å²) in [5.74, 6) is 0.194. The van der Waals surface area contributed by atoms with Gasteiger partial charge in [0, 0.05) is 11.8 Å². The molecule has 0 aromatic heterocycles. The summed E-state index contributed by atoms with van der Waals surface area (Å²) in [5.41, 5.74) is 6.31. The first-order chi connectivity index (χ1) is 6.60. The maximum Gasteiger partial charge on any atom is 0.332 e. The Morgan fingerprint density at radius 1 is 1.50 bits per heavy atom. The fourth-order valence-corrected chi connectivity index (χ4v) is 1.39. The summed E-state index contributed by atoms with van der Waals surface area (Å²) in [4.78, 5) is 11.0. The zero-order valence-corrected chi connectivity index (χ0v) is 9.38. The zero-order chi connectivity index (χ0) is 11.0. The average molecular weight is 199 g/mol. The molecule has 0 aromatic rings. The maximum atomic E-state index is 11.0. The summed E-state index contributed by atoms with van der Waals surface area (Å²) in [6, 6.07) is 0. The minimum absolute atomic E-state index is 0.339. The third-order valence-electron chi connectivity index (χ3n) is 1.96. The maximum absolute atomic E-state index is 11.0. The lowest BCUT2D eigenvalue weighted by Gasteiger charge is -2.09. The van der Waals surface area contributed by atoms with Crippen molar-refractivity contribution in [3.63, 3.8) is 0 Å². The van der Waals surface area contributed by atoms with Crippen LogP contribution in [0, 0.1) is 5.92 Å². The van der Waals surface area contributed by atoms with Crippen molar-refractivity contribution >= 4 is 5.97 Å². The Kier molecular flexibility index (Phi) is 6.89. The largest absolute Gasteiger partial charge is 0.463 e. The van der Waals surface area contributed by atoms with Crippen molar-refractivity contribution in [3.05, 3.63) is 11.8 Å². The van der Waals surface area contributed by atoms with Crippen molar-refractivity contribution in [2.24, 2.45) is 11.7 Å². The van der Waals surface area contributed by atoms with Crippen LogP contribution in [0.1, 0.15) is 40.0 Å². The second-order valence-corrected chi connectivity index (χ2v) is 3.57. The van der Waals surface area contributed by atoms with Crippen LogP contribution in [0.25, 0.3) is 0 Å². The topological polar surface area (TPSA) is 52.3 Å². The molecule has 0 unspecified atom stereocenters. The molecule has 0 spiro atoms. The highest BCUT2D eigenvalue weighted by Gasteiger charge is 2.04. The highest BCUT2D eigenvalue weighted by molar-refractivity contribution is 5.82. The van der Waals surface area contributed by atoms with Crippen LogP contribution in [0.4, 0.5) is 0 Å². The number of esters is 1. The van der Waals surface area contributed by atoms with Crippen LogP contribution >= 0.6 is 0 Å². The molecule has 2 N–H and O–H groups in total. The Hall–Kier alpha value is -0.990. The molecule has 0 radical (unpaired) electrons. The first-order valence-corrected chi connectivity index (χ1v) is 5.22. The van der Waals surface area contributed by atoms with E-state index in [0.717, 1.165) is 19.3 Å². The van der Waals surface area contributed by atoms with E-state index in [2.05, 4.69) is 13.8 Å². The van der Waals surface area contributed by atoms with Crippen LogP contribution in [0.5, 0.6) is 0 Å². The van der Waals surface area contributed by atoms with Gasteiger partial charge in [-0.3, -0.25) is 0 Å². The van der Waals surface area contributed by atoms with E-state index >= 15 is 0 Å². The van der Waals surface area contributed by atoms with Crippen LogP contribution in [0.3, 0.4) is 0 Å². The molecule has 82 valence electrons. The van der Waals surface area contributed by atoms with E-state index in [9.17, 15) is 4.79 Å². The quantitative estimate of drug-likeness (QED) is 0.527. The van der Waals surface area contributed by atoms with E-state index in [1.54, 1.807) is 6.92 Å². The molecule has 3 nitrogen and oxygen atoms in total. The zero-order valence-electron chi connectivity index (χ0n) is 9.38. The highest BCUT2D eigenvalue weighted by Crippen LogP contribution is 2.13. The summed E-state index contributed by atoms with van der Waals surface area (Å²) in [6.45, 7) is 6.45. The third kappa shape index (κ3) is 6.52. The summed E-state index contributed by atoms with van der Waals surface area (Å²) in [5, 5.41) is 0. The minimum atomic E-state index is -0.339. The second-order valence-electron chi connectivity index (χ2n) is 3.57. The molecule has 3 heteroatoms. The van der Waals surface area contributed by atoms with Crippen LogP contribution in [0.15, 0.2) is 11.8 Å². The number of carbonyl (C=O) groups excluding carboxylic acids is 1. The number of carbonyl (C=O) groups is 1. The molecule has 0 bridgehead atoms. The van der Waals surface area contributed by atoms with Gasteiger partial charge in [-0.15, -0.1) is 0 Å². The number of hydrogen-bond donors (Lipinski definition) is 1. The van der Waals surface area contributed by atoms with Gasteiger partial charge in [0.1, 0.15) is 0 Å². The Morgan fingerprint density at radius 3 is 2.64 bits per heavy atom. The van der Waals surface area contributed by atoms with Crippen molar-refractivity contribution in [2.45, 2.75) is 40.0 Å². The predicted molar refractivity (Wildman–Crippen MR) is 57.6 cm³/mol. The molecular formula is C11H21NO2. The lowest BCUT2D eigenvalue weighted by atomic mass is 10.0. The predicted octanol–water partition coefficient (Wildman–Crippen LogP) is 2.22. The monoisotopic (exact) mass is 199 g/mol. The molecule has 0 saturated carbocycles. The van der Waals surface area contributed by atoms with Crippen LogP contribution in [-0.4, -0.2) is 12.6 Å². The van der Waals surface area contributed by atoms with Gasteiger partial charge in [0.05, 0.1) is 6.61 Å². The second kappa shape index (κ2) is 7.42. The summed E-state index contributed by atoms with van der Waals surface area (Å²) >= 11 is 0. The Bertz CT molecular complexity index is 199. The molecule has 0 saturated heterocycles. The molecule has 0 aliphatic carbocycles. The molecule has 0 rings (SSSR count). The highest BCUT2D eigenvalue weighted by atomic mass is 16.5. The molecule has 0 aromatic carbocycles. The van der Waals surface area contributed by atoms with E-state index in [-0.39, 0.29) is 5.97 Å². The molecule has 1 atom stereocenters. The Morgan fingerprint density at radius 2 is 2.14 bits per heavy atom. The molecule has 0 fully saturated rings. The fourth-order valence-electron chi connectivity index (χ4n) is 1.39. The summed E-state index contributed by atoms with van der Waals surface area (Å²) < 4.78 is 4.76. The molecular weight excluding hydrogens is 178 g/mol. The standard InChI is InChI=1S/C11H21NO2/c1-4-6-9(3)7-10(12)8-11(13)14-5-2/h8-9H,4-7,12H2,1-3H3/b10-8-/t9-/m1/s1. The van der Waals surface area contributed by atoms with Crippen molar-refractivity contribution < 1.29 is 9.53 Å². The van der Waals surface area contributed by atoms with Gasteiger partial charge < -0.3 is 10.5 Å². The smallest absolute Gasteiger partial charge is 0.332 e. The number of hydrogen-bond acceptors (Lipinski definition) is 3. The first kappa shape index (κ1) is 13.0. The molecule has 14 heavy (non-hydrogen) atoms. The van der Waals surface area contributed by atoms with E-state index < -0.39 is 0 Å². The number of ether oxygens (including phenoxy) is 1. The van der Waals surface area contributed by atoms with Gasteiger partial charge >= 0.3 is 5.97 Å². The molecule has 0 aliphatic heterocycles. The molecule has 0 aliphatic rings. The summed E-state index contributed by atoms with van der Waals surface area (Å²) in [7, 11) is 0. The van der Waals surface area contributed by atoms with E-state index in [0.29, 0.717) is 18.2 Å². The molecule has 0 amide bonds. The van der Waals surface area contributed by atoms with Crippen LogP contribution in [-0.2, 0) is 9.53 Å². The van der Waals surface area contributed by atoms with Crippen LogP contribution < -0.4 is 5.73 Å². The SMILES string of the molecule is CCC[C@@H](C)C/C(N)=C/C(=O)OCC. The van der Waals surface area contributed by atoms with Gasteiger partial charge in [-0.1, -0.05) is 26.7 Å². The van der Waals surface area contributed by atoms with E-state index in [1.165, 1.54) is 6.08 Å². The Balaban J connectivity index is 3.92. The third-order valence-corrected chi connectivity index (χ3v) is 1.96. The van der Waals surface area contributed by atoms with Crippen molar-refractivity contribution in [2.75, 3.05) is 6.61 Å². The summed E-state index contributed by atoms with van der Waals surface area (Å²) in [6.07, 6.45) is 4.44. The normalized spacial score (nSPS) is 13.8. The molecule has 0 heterocycles. The Labute approximate surface area is 86.3 Å². The van der Waals surface area contributed by atoms with Gasteiger partial charge in [-0.2, -0.15) is 0 Å². The van der Waals surface area contributed by atoms with E-state index in [1.807, 2.05) is 0 Å². The van der Waals surface area contributed by atoms with Gasteiger partial charge in [-0.25, -0.2) is 4.79 Å². The van der Waals surface area contributed by atoms with Crippen molar-refractivity contribution in [3.8, 4) is 0 Å². The fraction of sp³-hybridized carbons (Fsp3) is 0.727. The van der Waals surface area contributed by atoms with Crippen LogP contribution in [0.2, 0.25) is 0 Å². The van der Waals surface area contributed by atoms with E-state index in [4.69, 9.17) is 10.5 Å². The van der Waals surface area contributed by atoms with Crippen molar-refractivity contribution in [1.82, 2.24) is 0 Å². The van der Waals surface area contributed by atoms with Gasteiger partial charge in [-0.05, 0) is 19.3 Å². The number of rotatable bonds is 6. The lowest BCUT2D eigenvalue weighted by Crippen LogP contribution is -2.08. The lowest BCUT2D eigenvalue weighted by molar-refractivity contribution is -0.137. The van der Waals surface area contributed by atoms with Gasteiger partial charge in [0.15, 0.2) is 0 Å². The van der Waals surface area contributed by atoms with Gasteiger partial charge in [0.25, 0.3) is 0 Å². The minimum Gasteiger partial charge on any atom is -0.463 e. The van der Waals surface area contributed by atoms with Crippen molar-refractivity contribution in [1.29, 1.82) is 0 Å². The average Bonchev–Trinajstić information content (AvgIpc) is 2.03. The first-order valence-electron chi connectivity index (χ1n) is 5.22.